The van der Waals surface area contributed by atoms with Crippen LogP contribution >= 0.6 is 11.6 Å². The molecule has 2 atom stereocenters. The van der Waals surface area contributed by atoms with Crippen LogP contribution in [-0.2, 0) is 4.74 Å². The van der Waals surface area contributed by atoms with E-state index in [1.165, 1.54) is 11.1 Å². The molecule has 1 aliphatic carbocycles. The Balaban J connectivity index is 2.81. The molecule has 2 unspecified atom stereocenters. The number of alkyl halides is 1. The Bertz CT molecular complexity index is 206. The van der Waals surface area contributed by atoms with Gasteiger partial charge < -0.3 is 4.74 Å². The van der Waals surface area contributed by atoms with Crippen molar-refractivity contribution in [1.82, 2.24) is 0 Å². The highest BCUT2D eigenvalue weighted by Gasteiger charge is 2.21. The predicted octanol–water partition coefficient (Wildman–Crippen LogP) is 2.52. The van der Waals surface area contributed by atoms with E-state index in [4.69, 9.17) is 16.3 Å². The summed E-state index contributed by atoms with van der Waals surface area (Å²) in [6.45, 7) is 4.08. The topological polar surface area (TPSA) is 9.23 Å². The second-order valence-corrected chi connectivity index (χ2v) is 3.37. The Kier molecular flexibility index (Phi) is 2.74. The lowest BCUT2D eigenvalue weighted by Crippen LogP contribution is -2.24. The molecule has 62 valence electrons. The summed E-state index contributed by atoms with van der Waals surface area (Å²) in [5.41, 5.74) is 2.41. The number of ether oxygens (including phenoxy) is 1. The zero-order chi connectivity index (χ0) is 8.43. The number of hydrogen-bond donors (Lipinski definition) is 0. The Labute approximate surface area is 72.7 Å². The van der Waals surface area contributed by atoms with Crippen molar-refractivity contribution in [2.24, 2.45) is 0 Å². The van der Waals surface area contributed by atoms with Gasteiger partial charge in [-0.2, -0.15) is 0 Å². The highest BCUT2D eigenvalue weighted by Crippen LogP contribution is 2.24. The summed E-state index contributed by atoms with van der Waals surface area (Å²) in [6, 6.07) is 0. The molecule has 0 saturated carbocycles. The van der Waals surface area contributed by atoms with Gasteiger partial charge in [-0.3, -0.25) is 0 Å². The van der Waals surface area contributed by atoms with Crippen LogP contribution in [0.15, 0.2) is 23.3 Å². The van der Waals surface area contributed by atoms with Crippen LogP contribution in [0.2, 0.25) is 0 Å². The zero-order valence-corrected chi connectivity index (χ0v) is 7.85. The van der Waals surface area contributed by atoms with E-state index in [0.29, 0.717) is 0 Å². The van der Waals surface area contributed by atoms with Crippen LogP contribution in [0, 0.1) is 0 Å². The van der Waals surface area contributed by atoms with Gasteiger partial charge in [0.15, 0.2) is 0 Å². The minimum absolute atomic E-state index is 0.00343. The highest BCUT2D eigenvalue weighted by molar-refractivity contribution is 6.23. The molecule has 0 heterocycles. The third kappa shape index (κ3) is 1.85. The summed E-state index contributed by atoms with van der Waals surface area (Å²) in [4.78, 5) is 0. The molecule has 0 N–H and O–H groups in total. The first-order valence-corrected chi connectivity index (χ1v) is 4.12. The quantitative estimate of drug-likeness (QED) is 0.553. The van der Waals surface area contributed by atoms with Gasteiger partial charge in [-0.1, -0.05) is 23.3 Å². The van der Waals surface area contributed by atoms with Crippen molar-refractivity contribution in [3.8, 4) is 0 Å². The molecule has 1 nitrogen and oxygen atoms in total. The normalized spacial score (nSPS) is 31.3. The zero-order valence-electron chi connectivity index (χ0n) is 7.10. The van der Waals surface area contributed by atoms with Gasteiger partial charge in [0.1, 0.15) is 0 Å². The molecule has 0 saturated heterocycles. The largest absolute Gasteiger partial charge is 0.375 e. The van der Waals surface area contributed by atoms with Crippen molar-refractivity contribution in [2.45, 2.75) is 25.3 Å². The summed E-state index contributed by atoms with van der Waals surface area (Å²) in [5.74, 6) is 0. The fourth-order valence-corrected chi connectivity index (χ4v) is 1.52. The molecule has 0 radical (unpaired) electrons. The molecule has 0 aliphatic heterocycles. The lowest BCUT2D eigenvalue weighted by molar-refractivity contribution is 0.142. The summed E-state index contributed by atoms with van der Waals surface area (Å²) >= 11 is 6.06. The Hall–Kier alpha value is -0.270. The molecule has 0 amide bonds. The first kappa shape index (κ1) is 8.82. The van der Waals surface area contributed by atoms with E-state index in [9.17, 15) is 0 Å². The van der Waals surface area contributed by atoms with Gasteiger partial charge in [0.05, 0.1) is 11.5 Å². The molecule has 0 spiro atoms. The Morgan fingerprint density at radius 3 is 2.64 bits per heavy atom. The SMILES string of the molecule is COC1C=C(C)C=C(C)C1Cl. The molecule has 1 rings (SSSR count). The average Bonchev–Trinajstić information content (AvgIpc) is 1.96. The van der Waals surface area contributed by atoms with Crippen LogP contribution in [0.5, 0.6) is 0 Å². The molecule has 0 aromatic rings. The van der Waals surface area contributed by atoms with Crippen LogP contribution in [0.25, 0.3) is 0 Å². The van der Waals surface area contributed by atoms with Gasteiger partial charge in [0, 0.05) is 7.11 Å². The predicted molar refractivity (Wildman–Crippen MR) is 48.0 cm³/mol. The maximum Gasteiger partial charge on any atom is 0.0959 e. The minimum atomic E-state index is 0.00343. The van der Waals surface area contributed by atoms with Crippen molar-refractivity contribution in [3.05, 3.63) is 23.3 Å². The molecule has 11 heavy (non-hydrogen) atoms. The van der Waals surface area contributed by atoms with Gasteiger partial charge in [0.25, 0.3) is 0 Å². The smallest absolute Gasteiger partial charge is 0.0959 e. The first-order valence-electron chi connectivity index (χ1n) is 3.68. The van der Waals surface area contributed by atoms with Crippen LogP contribution in [0.3, 0.4) is 0 Å². The molecular weight excluding hydrogens is 160 g/mol. The maximum atomic E-state index is 6.06. The highest BCUT2D eigenvalue weighted by atomic mass is 35.5. The van der Waals surface area contributed by atoms with Crippen LogP contribution in [-0.4, -0.2) is 18.6 Å². The van der Waals surface area contributed by atoms with E-state index < -0.39 is 0 Å². The number of hydrogen-bond acceptors (Lipinski definition) is 1. The number of methoxy groups -OCH3 is 1. The lowest BCUT2D eigenvalue weighted by atomic mass is 9.99. The van der Waals surface area contributed by atoms with Crippen LogP contribution in [0.1, 0.15) is 13.8 Å². The lowest BCUT2D eigenvalue weighted by Gasteiger charge is -2.22. The second-order valence-electron chi connectivity index (χ2n) is 2.90. The Morgan fingerprint density at radius 2 is 2.09 bits per heavy atom. The number of allylic oxidation sites excluding steroid dienone is 2. The summed E-state index contributed by atoms with van der Waals surface area (Å²) < 4.78 is 5.20. The Morgan fingerprint density at radius 1 is 1.45 bits per heavy atom. The van der Waals surface area contributed by atoms with Crippen molar-refractivity contribution < 1.29 is 4.74 Å². The van der Waals surface area contributed by atoms with E-state index in [2.05, 4.69) is 13.0 Å². The van der Waals surface area contributed by atoms with E-state index in [-0.39, 0.29) is 11.5 Å². The third-order valence-electron chi connectivity index (χ3n) is 1.88. The molecular formula is C9H13ClO. The van der Waals surface area contributed by atoms with E-state index in [1.54, 1.807) is 7.11 Å². The van der Waals surface area contributed by atoms with Gasteiger partial charge in [-0.05, 0) is 13.8 Å². The molecule has 0 aromatic carbocycles. The maximum absolute atomic E-state index is 6.06. The molecule has 0 aromatic heterocycles. The molecule has 0 bridgehead atoms. The first-order chi connectivity index (χ1) is 5.15. The van der Waals surface area contributed by atoms with E-state index in [1.807, 2.05) is 13.0 Å². The third-order valence-corrected chi connectivity index (χ3v) is 2.47. The van der Waals surface area contributed by atoms with Gasteiger partial charge in [-0.15, -0.1) is 11.6 Å². The average molecular weight is 173 g/mol. The van der Waals surface area contributed by atoms with Crippen LogP contribution < -0.4 is 0 Å². The molecule has 2 heteroatoms. The second kappa shape index (κ2) is 3.42. The fourth-order valence-electron chi connectivity index (χ4n) is 1.28. The van der Waals surface area contributed by atoms with Crippen molar-refractivity contribution in [1.29, 1.82) is 0 Å². The summed E-state index contributed by atoms with van der Waals surface area (Å²) in [5, 5.41) is 0.00343. The van der Waals surface area contributed by atoms with Gasteiger partial charge in [-0.25, -0.2) is 0 Å². The van der Waals surface area contributed by atoms with Gasteiger partial charge in [0.2, 0.25) is 0 Å². The van der Waals surface area contributed by atoms with Crippen molar-refractivity contribution in [2.75, 3.05) is 7.11 Å². The number of rotatable bonds is 1. The van der Waals surface area contributed by atoms with Gasteiger partial charge >= 0.3 is 0 Å². The standard InChI is InChI=1S/C9H13ClO/c1-6-4-7(2)9(10)8(5-6)11-3/h4-5,8-9H,1-3H3. The summed E-state index contributed by atoms with van der Waals surface area (Å²) in [7, 11) is 1.68. The summed E-state index contributed by atoms with van der Waals surface area (Å²) in [6.07, 6.45) is 4.18. The minimum Gasteiger partial charge on any atom is -0.375 e. The molecule has 1 aliphatic rings. The fraction of sp³-hybridized carbons (Fsp3) is 0.556. The van der Waals surface area contributed by atoms with E-state index in [0.717, 1.165) is 0 Å². The van der Waals surface area contributed by atoms with E-state index >= 15 is 0 Å². The van der Waals surface area contributed by atoms with Crippen molar-refractivity contribution >= 4 is 11.6 Å². The molecule has 0 fully saturated rings. The van der Waals surface area contributed by atoms with Crippen LogP contribution in [0.4, 0.5) is 0 Å². The number of halogens is 1. The van der Waals surface area contributed by atoms with Crippen molar-refractivity contribution in [3.63, 3.8) is 0 Å². The monoisotopic (exact) mass is 172 g/mol.